The zero-order chi connectivity index (χ0) is 24.9. The van der Waals surface area contributed by atoms with E-state index < -0.39 is 0 Å². The number of hydrogen-bond acceptors (Lipinski definition) is 7. The zero-order valence-corrected chi connectivity index (χ0v) is 21.2. The lowest BCUT2D eigenvalue weighted by atomic mass is 9.95. The molecule has 1 unspecified atom stereocenters. The molecule has 1 N–H and O–H groups in total. The molecule has 3 heterocycles. The highest BCUT2D eigenvalue weighted by Crippen LogP contribution is 2.25. The fraction of sp³-hybridized carbons (Fsp3) is 0.464. The molecular formula is C28H35N5O3. The van der Waals surface area contributed by atoms with Gasteiger partial charge in [0.05, 0.1) is 19.7 Å². The summed E-state index contributed by atoms with van der Waals surface area (Å²) in [5, 5.41) is 7.35. The van der Waals surface area contributed by atoms with Crippen LogP contribution in [-0.2, 0) is 11.3 Å². The molecule has 190 valence electrons. The second-order valence-electron chi connectivity index (χ2n) is 9.81. The predicted octanol–water partition coefficient (Wildman–Crippen LogP) is 4.43. The molecule has 3 aromatic rings. The van der Waals surface area contributed by atoms with Crippen LogP contribution in [0.3, 0.4) is 0 Å². The zero-order valence-electron chi connectivity index (χ0n) is 21.2. The van der Waals surface area contributed by atoms with Gasteiger partial charge in [0.1, 0.15) is 5.75 Å². The third-order valence-corrected chi connectivity index (χ3v) is 7.36. The Labute approximate surface area is 212 Å². The van der Waals surface area contributed by atoms with Crippen LogP contribution in [0.2, 0.25) is 0 Å². The first-order valence-electron chi connectivity index (χ1n) is 12.9. The van der Waals surface area contributed by atoms with Crippen molar-refractivity contribution in [2.45, 2.75) is 45.2 Å². The van der Waals surface area contributed by atoms with Crippen LogP contribution in [0.5, 0.6) is 5.75 Å². The maximum absolute atomic E-state index is 12.9. The Balaban J connectivity index is 1.08. The molecule has 2 aromatic carbocycles. The number of amides is 1. The van der Waals surface area contributed by atoms with E-state index in [0.717, 1.165) is 55.9 Å². The third kappa shape index (κ3) is 5.70. The number of piperidine rings is 1. The van der Waals surface area contributed by atoms with E-state index >= 15 is 0 Å². The number of carbonyl (C=O) groups is 1. The van der Waals surface area contributed by atoms with E-state index in [9.17, 15) is 4.79 Å². The predicted molar refractivity (Wildman–Crippen MR) is 139 cm³/mol. The highest BCUT2D eigenvalue weighted by molar-refractivity contribution is 5.79. The monoisotopic (exact) mass is 489 g/mol. The smallest absolute Gasteiger partial charge is 0.241 e. The van der Waals surface area contributed by atoms with Crippen molar-refractivity contribution in [3.8, 4) is 17.1 Å². The molecule has 2 fully saturated rings. The summed E-state index contributed by atoms with van der Waals surface area (Å²) in [5.41, 5.74) is 3.31. The molecule has 1 atom stereocenters. The average molecular weight is 490 g/mol. The Hall–Kier alpha value is -3.39. The number of carbonyl (C=O) groups excluding carboxylic acids is 1. The van der Waals surface area contributed by atoms with Crippen LogP contribution in [0.25, 0.3) is 11.4 Å². The Morgan fingerprint density at radius 1 is 1.06 bits per heavy atom. The van der Waals surface area contributed by atoms with E-state index in [4.69, 9.17) is 9.26 Å². The maximum Gasteiger partial charge on any atom is 0.241 e. The summed E-state index contributed by atoms with van der Waals surface area (Å²) in [7, 11) is 1.64. The lowest BCUT2D eigenvalue weighted by Gasteiger charge is -2.31. The summed E-state index contributed by atoms with van der Waals surface area (Å²) in [4.78, 5) is 22.2. The van der Waals surface area contributed by atoms with Crippen LogP contribution >= 0.6 is 0 Å². The second-order valence-corrected chi connectivity index (χ2v) is 9.81. The topological polar surface area (TPSA) is 83.7 Å². The van der Waals surface area contributed by atoms with Crippen molar-refractivity contribution in [3.05, 3.63) is 60.0 Å². The second kappa shape index (κ2) is 11.1. The molecule has 2 aliphatic rings. The van der Waals surface area contributed by atoms with E-state index in [0.29, 0.717) is 18.3 Å². The molecule has 0 radical (unpaired) electrons. The van der Waals surface area contributed by atoms with E-state index in [1.807, 2.05) is 24.3 Å². The van der Waals surface area contributed by atoms with Crippen LogP contribution in [-0.4, -0.2) is 54.2 Å². The molecule has 8 heteroatoms. The van der Waals surface area contributed by atoms with Crippen molar-refractivity contribution < 1.29 is 14.1 Å². The molecule has 0 spiro atoms. The molecule has 2 saturated heterocycles. The number of likely N-dealkylation sites (tertiary alicyclic amines) is 1. The van der Waals surface area contributed by atoms with Crippen LogP contribution < -0.4 is 15.0 Å². The molecule has 1 amide bonds. The molecule has 2 aliphatic heterocycles. The van der Waals surface area contributed by atoms with Gasteiger partial charge in [0.25, 0.3) is 0 Å². The summed E-state index contributed by atoms with van der Waals surface area (Å²) in [5.74, 6) is 2.13. The molecule has 0 bridgehead atoms. The van der Waals surface area contributed by atoms with Gasteiger partial charge in [-0.05, 0) is 87.7 Å². The van der Waals surface area contributed by atoms with Crippen LogP contribution in [0.4, 0.5) is 5.69 Å². The quantitative estimate of drug-likeness (QED) is 0.501. The minimum absolute atomic E-state index is 0.00192. The normalized spacial score (nSPS) is 17.8. The summed E-state index contributed by atoms with van der Waals surface area (Å²) in [6.45, 7) is 6.60. The fourth-order valence-corrected chi connectivity index (χ4v) is 5.08. The molecule has 5 rings (SSSR count). The first-order valence-corrected chi connectivity index (χ1v) is 12.9. The van der Waals surface area contributed by atoms with Crippen LogP contribution in [0, 0.1) is 5.92 Å². The molecule has 0 saturated carbocycles. The number of aromatic nitrogens is 2. The van der Waals surface area contributed by atoms with E-state index in [-0.39, 0.29) is 17.9 Å². The summed E-state index contributed by atoms with van der Waals surface area (Å²) in [6.07, 6.45) is 4.19. The number of benzene rings is 2. The van der Waals surface area contributed by atoms with E-state index in [2.05, 4.69) is 56.4 Å². The summed E-state index contributed by atoms with van der Waals surface area (Å²) < 4.78 is 10.7. The van der Waals surface area contributed by atoms with Crippen LogP contribution in [0.15, 0.2) is 53.1 Å². The number of anilines is 1. The van der Waals surface area contributed by atoms with Gasteiger partial charge in [0.2, 0.25) is 17.6 Å². The van der Waals surface area contributed by atoms with Gasteiger partial charge < -0.3 is 19.5 Å². The number of rotatable bonds is 8. The lowest BCUT2D eigenvalue weighted by Crippen LogP contribution is -2.40. The maximum atomic E-state index is 12.9. The Kier molecular flexibility index (Phi) is 7.51. The Morgan fingerprint density at radius 2 is 1.75 bits per heavy atom. The van der Waals surface area contributed by atoms with Gasteiger partial charge in [0.15, 0.2) is 0 Å². The fourth-order valence-electron chi connectivity index (χ4n) is 5.08. The highest BCUT2D eigenvalue weighted by atomic mass is 16.5. The number of nitrogens with one attached hydrogen (secondary N) is 1. The SMILES string of the molecule is COc1ccc(-c2noc(CN3CCC(C(=O)NC(C)c4ccc(N5CCCC5)cc4)CC3)n2)cc1. The van der Waals surface area contributed by atoms with Gasteiger partial charge in [-0.25, -0.2) is 0 Å². The number of methoxy groups -OCH3 is 1. The van der Waals surface area contributed by atoms with Gasteiger partial charge in [-0.3, -0.25) is 9.69 Å². The number of ether oxygens (including phenoxy) is 1. The molecule has 1 aromatic heterocycles. The van der Waals surface area contributed by atoms with E-state index in [1.54, 1.807) is 7.11 Å². The van der Waals surface area contributed by atoms with Crippen molar-refractivity contribution in [3.63, 3.8) is 0 Å². The van der Waals surface area contributed by atoms with Gasteiger partial charge in [-0.15, -0.1) is 0 Å². The van der Waals surface area contributed by atoms with Crippen molar-refractivity contribution in [1.82, 2.24) is 20.4 Å². The molecule has 8 nitrogen and oxygen atoms in total. The highest BCUT2D eigenvalue weighted by Gasteiger charge is 2.27. The Morgan fingerprint density at radius 3 is 2.42 bits per heavy atom. The van der Waals surface area contributed by atoms with Gasteiger partial charge >= 0.3 is 0 Å². The summed E-state index contributed by atoms with van der Waals surface area (Å²) in [6, 6.07) is 16.2. The van der Waals surface area contributed by atoms with Gasteiger partial charge in [-0.2, -0.15) is 4.98 Å². The van der Waals surface area contributed by atoms with Gasteiger partial charge in [0, 0.05) is 30.3 Å². The largest absolute Gasteiger partial charge is 0.497 e. The van der Waals surface area contributed by atoms with Crippen molar-refractivity contribution >= 4 is 11.6 Å². The molecular weight excluding hydrogens is 454 g/mol. The number of hydrogen-bond donors (Lipinski definition) is 1. The Bertz CT molecular complexity index is 1130. The molecule has 36 heavy (non-hydrogen) atoms. The molecule has 0 aliphatic carbocycles. The first kappa shape index (κ1) is 24.3. The average Bonchev–Trinajstić information content (AvgIpc) is 3.62. The minimum atomic E-state index is -0.00192. The minimum Gasteiger partial charge on any atom is -0.497 e. The van der Waals surface area contributed by atoms with Gasteiger partial charge in [-0.1, -0.05) is 17.3 Å². The standard InChI is InChI=1S/C28H35N5O3/c1-20(21-5-9-24(10-6-21)33-15-3-4-16-33)29-28(34)23-13-17-32(18-14-23)19-26-30-27(31-36-26)22-7-11-25(35-2)12-8-22/h5-12,20,23H,3-4,13-19H2,1-2H3,(H,29,34). The summed E-state index contributed by atoms with van der Waals surface area (Å²) >= 11 is 0. The van der Waals surface area contributed by atoms with E-state index in [1.165, 1.54) is 18.5 Å². The van der Waals surface area contributed by atoms with Crippen molar-refractivity contribution in [2.24, 2.45) is 5.92 Å². The third-order valence-electron chi connectivity index (χ3n) is 7.36. The van der Waals surface area contributed by atoms with Crippen LogP contribution in [0.1, 0.15) is 50.1 Å². The number of nitrogens with zero attached hydrogens (tertiary/aromatic N) is 4. The lowest BCUT2D eigenvalue weighted by molar-refractivity contribution is -0.127. The van der Waals surface area contributed by atoms with Crippen molar-refractivity contribution in [1.29, 1.82) is 0 Å². The first-order chi connectivity index (χ1) is 17.6. The van der Waals surface area contributed by atoms with Crippen molar-refractivity contribution in [2.75, 3.05) is 38.2 Å².